The lowest BCUT2D eigenvalue weighted by molar-refractivity contribution is -0.112. The Morgan fingerprint density at radius 2 is 2.08 bits per heavy atom. The van der Waals surface area contributed by atoms with Crippen molar-refractivity contribution in [2.24, 2.45) is 0 Å². The van der Waals surface area contributed by atoms with E-state index in [4.69, 9.17) is 15.3 Å². The Balaban J connectivity index is 1.60. The first-order chi connectivity index (χ1) is 12.6. The topological polar surface area (TPSA) is 75.2 Å². The van der Waals surface area contributed by atoms with E-state index >= 15 is 0 Å². The lowest BCUT2D eigenvalue weighted by atomic mass is 10.1. The molecule has 0 spiro atoms. The molecule has 8 heteroatoms. The average molecular weight is 372 g/mol. The zero-order valence-corrected chi connectivity index (χ0v) is 14.9. The van der Waals surface area contributed by atoms with Crippen LogP contribution in [0.2, 0.25) is 0 Å². The molecule has 3 aromatic rings. The molecule has 4 rings (SSSR count). The standard InChI is InChI=1S/C18H17FN4O2S/c1-11-21-22-18(23(11)20)26-10-14-8-15(19)7-13-9-24-17(25-16(13)14)12-5-3-2-4-6-12/h2-8,17H,9-10,20H2,1H3/t17-/m0/s1. The molecule has 0 unspecified atom stereocenters. The van der Waals surface area contributed by atoms with E-state index in [2.05, 4.69) is 10.2 Å². The van der Waals surface area contributed by atoms with E-state index in [0.717, 1.165) is 11.1 Å². The van der Waals surface area contributed by atoms with Crippen LogP contribution in [0.15, 0.2) is 47.6 Å². The fourth-order valence-electron chi connectivity index (χ4n) is 2.75. The van der Waals surface area contributed by atoms with Gasteiger partial charge in [-0.3, -0.25) is 0 Å². The van der Waals surface area contributed by atoms with Gasteiger partial charge < -0.3 is 15.3 Å². The number of benzene rings is 2. The smallest absolute Gasteiger partial charge is 0.227 e. The molecule has 0 amide bonds. The van der Waals surface area contributed by atoms with E-state index < -0.39 is 6.29 Å². The zero-order chi connectivity index (χ0) is 18.1. The Kier molecular flexibility index (Phi) is 4.52. The zero-order valence-electron chi connectivity index (χ0n) is 14.1. The van der Waals surface area contributed by atoms with E-state index in [1.165, 1.54) is 28.6 Å². The molecular weight excluding hydrogens is 355 g/mol. The number of aromatic nitrogens is 3. The summed E-state index contributed by atoms with van der Waals surface area (Å²) in [5.41, 5.74) is 2.34. The molecule has 0 bridgehead atoms. The fourth-order valence-corrected chi connectivity index (χ4v) is 3.62. The van der Waals surface area contributed by atoms with E-state index in [1.807, 2.05) is 30.3 Å². The third-order valence-corrected chi connectivity index (χ3v) is 5.08. The lowest BCUT2D eigenvalue weighted by Crippen LogP contribution is -2.19. The molecule has 1 aliphatic rings. The molecule has 0 radical (unpaired) electrons. The van der Waals surface area contributed by atoms with E-state index in [-0.39, 0.29) is 12.4 Å². The lowest BCUT2D eigenvalue weighted by Gasteiger charge is -2.28. The largest absolute Gasteiger partial charge is 0.460 e. The summed E-state index contributed by atoms with van der Waals surface area (Å²) < 4.78 is 27.2. The number of nitrogens with zero attached hydrogens (tertiary/aromatic N) is 3. The van der Waals surface area contributed by atoms with Crippen molar-refractivity contribution in [3.05, 3.63) is 70.8 Å². The van der Waals surface area contributed by atoms with Crippen LogP contribution in [0.1, 0.15) is 28.8 Å². The summed E-state index contributed by atoms with van der Waals surface area (Å²) in [6.45, 7) is 2.06. The van der Waals surface area contributed by atoms with Crippen LogP contribution in [0.5, 0.6) is 5.75 Å². The second kappa shape index (κ2) is 6.97. The number of hydrogen-bond donors (Lipinski definition) is 1. The fraction of sp³-hybridized carbons (Fsp3) is 0.222. The van der Waals surface area contributed by atoms with Gasteiger partial charge in [0.15, 0.2) is 0 Å². The minimum Gasteiger partial charge on any atom is -0.460 e. The van der Waals surface area contributed by atoms with Crippen LogP contribution in [0.4, 0.5) is 4.39 Å². The van der Waals surface area contributed by atoms with Crippen LogP contribution >= 0.6 is 11.8 Å². The van der Waals surface area contributed by atoms with Gasteiger partial charge in [-0.05, 0) is 19.1 Å². The van der Waals surface area contributed by atoms with Gasteiger partial charge in [-0.15, -0.1) is 10.2 Å². The van der Waals surface area contributed by atoms with Crippen molar-refractivity contribution in [1.82, 2.24) is 14.9 Å². The highest BCUT2D eigenvalue weighted by molar-refractivity contribution is 7.98. The summed E-state index contributed by atoms with van der Waals surface area (Å²) in [7, 11) is 0. The van der Waals surface area contributed by atoms with Crippen molar-refractivity contribution in [3.8, 4) is 5.75 Å². The molecule has 0 fully saturated rings. The minimum atomic E-state index is -0.515. The molecule has 1 aliphatic heterocycles. The van der Waals surface area contributed by atoms with Gasteiger partial charge in [0.05, 0.1) is 6.61 Å². The second-order valence-corrected chi connectivity index (χ2v) is 6.86. The minimum absolute atomic E-state index is 0.288. The average Bonchev–Trinajstić information content (AvgIpc) is 2.98. The number of halogens is 1. The van der Waals surface area contributed by atoms with Crippen molar-refractivity contribution < 1.29 is 13.9 Å². The maximum absolute atomic E-state index is 14.0. The molecule has 0 saturated heterocycles. The van der Waals surface area contributed by atoms with E-state index in [9.17, 15) is 4.39 Å². The quantitative estimate of drug-likeness (QED) is 0.559. The number of nitrogen functional groups attached to an aromatic ring is 1. The van der Waals surface area contributed by atoms with Gasteiger partial charge in [-0.2, -0.15) is 0 Å². The third-order valence-electron chi connectivity index (χ3n) is 4.09. The summed E-state index contributed by atoms with van der Waals surface area (Å²) in [6, 6.07) is 12.6. The van der Waals surface area contributed by atoms with Crippen LogP contribution in [-0.4, -0.2) is 14.9 Å². The molecule has 0 aliphatic carbocycles. The van der Waals surface area contributed by atoms with E-state index in [1.54, 1.807) is 6.92 Å². The highest BCUT2D eigenvalue weighted by Crippen LogP contribution is 2.38. The molecule has 134 valence electrons. The normalized spacial score (nSPS) is 16.2. The highest BCUT2D eigenvalue weighted by Gasteiger charge is 2.25. The molecular formula is C18H17FN4O2S. The maximum atomic E-state index is 14.0. The maximum Gasteiger partial charge on any atom is 0.227 e. The van der Waals surface area contributed by atoms with Crippen LogP contribution in [0.25, 0.3) is 0 Å². The van der Waals surface area contributed by atoms with E-state index in [0.29, 0.717) is 28.0 Å². The van der Waals surface area contributed by atoms with Crippen molar-refractivity contribution in [2.75, 3.05) is 5.84 Å². The molecule has 2 aromatic carbocycles. The monoisotopic (exact) mass is 372 g/mol. The molecule has 6 nitrogen and oxygen atoms in total. The van der Waals surface area contributed by atoms with Crippen molar-refractivity contribution in [1.29, 1.82) is 0 Å². The first kappa shape index (κ1) is 16.9. The highest BCUT2D eigenvalue weighted by atomic mass is 32.2. The van der Waals surface area contributed by atoms with Gasteiger partial charge in [0.2, 0.25) is 11.4 Å². The van der Waals surface area contributed by atoms with Crippen LogP contribution in [0, 0.1) is 12.7 Å². The number of thioether (sulfide) groups is 1. The second-order valence-electron chi connectivity index (χ2n) is 5.91. The van der Waals surface area contributed by atoms with Gasteiger partial charge >= 0.3 is 0 Å². The molecule has 1 atom stereocenters. The Morgan fingerprint density at radius 3 is 2.81 bits per heavy atom. The van der Waals surface area contributed by atoms with Crippen molar-refractivity contribution in [2.45, 2.75) is 30.7 Å². The summed E-state index contributed by atoms with van der Waals surface area (Å²) in [5, 5.41) is 8.51. The molecule has 2 heterocycles. The Bertz CT molecular complexity index is 932. The number of hydrogen-bond acceptors (Lipinski definition) is 6. The Hall–Kier alpha value is -2.58. The predicted molar refractivity (Wildman–Crippen MR) is 95.5 cm³/mol. The number of ether oxygens (including phenoxy) is 2. The Morgan fingerprint density at radius 1 is 1.27 bits per heavy atom. The van der Waals surface area contributed by atoms with Crippen molar-refractivity contribution in [3.63, 3.8) is 0 Å². The first-order valence-corrected chi connectivity index (χ1v) is 9.05. The predicted octanol–water partition coefficient (Wildman–Crippen LogP) is 3.34. The summed E-state index contributed by atoms with van der Waals surface area (Å²) >= 11 is 1.38. The van der Waals surface area contributed by atoms with Crippen molar-refractivity contribution >= 4 is 11.8 Å². The third kappa shape index (κ3) is 3.25. The summed E-state index contributed by atoms with van der Waals surface area (Å²) in [4.78, 5) is 0. The van der Waals surface area contributed by atoms with Gasteiger partial charge in [0.25, 0.3) is 0 Å². The molecule has 2 N–H and O–H groups in total. The number of aryl methyl sites for hydroxylation is 1. The number of rotatable bonds is 4. The van der Waals surface area contributed by atoms with Crippen LogP contribution in [0.3, 0.4) is 0 Å². The van der Waals surface area contributed by atoms with Gasteiger partial charge in [0, 0.05) is 22.4 Å². The van der Waals surface area contributed by atoms with Gasteiger partial charge in [-0.1, -0.05) is 42.1 Å². The number of nitrogens with two attached hydrogens (primary N) is 1. The Labute approximate surface area is 154 Å². The van der Waals surface area contributed by atoms with Crippen LogP contribution < -0.4 is 10.6 Å². The molecule has 0 saturated carbocycles. The van der Waals surface area contributed by atoms with Crippen LogP contribution in [-0.2, 0) is 17.1 Å². The SMILES string of the molecule is Cc1nnc(SCc2cc(F)cc3c2O[C@@H](c2ccccc2)OC3)n1N. The summed E-state index contributed by atoms with van der Waals surface area (Å²) in [5.74, 6) is 7.27. The van der Waals surface area contributed by atoms with Gasteiger partial charge in [0.1, 0.15) is 17.4 Å². The first-order valence-electron chi connectivity index (χ1n) is 8.06. The molecule has 1 aromatic heterocycles. The van der Waals surface area contributed by atoms with Gasteiger partial charge in [-0.25, -0.2) is 9.07 Å². The molecule has 26 heavy (non-hydrogen) atoms. The summed E-state index contributed by atoms with van der Waals surface area (Å²) in [6.07, 6.45) is -0.515. The number of fused-ring (bicyclic) bond motifs is 1.